The quantitative estimate of drug-likeness (QED) is 0.806. The highest BCUT2D eigenvalue weighted by atomic mass is 32.2. The normalized spacial score (nSPS) is 12.0. The number of anilines is 1. The molecule has 0 spiro atoms. The van der Waals surface area contributed by atoms with Crippen LogP contribution in [0, 0.1) is 5.82 Å². The number of nitrogens with two attached hydrogens (primary N) is 1. The van der Waals surface area contributed by atoms with Crippen molar-refractivity contribution in [2.24, 2.45) is 0 Å². The predicted octanol–water partition coefficient (Wildman–Crippen LogP) is 1.73. The Hall–Kier alpha value is -1.10. The van der Waals surface area contributed by atoms with E-state index in [2.05, 4.69) is 0 Å². The number of hydrogen-bond acceptors (Lipinski definition) is 3. The van der Waals surface area contributed by atoms with Gasteiger partial charge in [-0.05, 0) is 31.5 Å². The number of rotatable bonds is 3. The molecule has 0 saturated heterocycles. The Morgan fingerprint density at radius 1 is 1.40 bits per heavy atom. The summed E-state index contributed by atoms with van der Waals surface area (Å²) < 4.78 is 35.9. The van der Waals surface area contributed by atoms with Crippen LogP contribution in [0.2, 0.25) is 0 Å². The molecule has 0 bridgehead atoms. The van der Waals surface area contributed by atoms with Gasteiger partial charge in [-0.1, -0.05) is 6.07 Å². The van der Waals surface area contributed by atoms with Crippen molar-refractivity contribution in [3.05, 3.63) is 29.6 Å². The highest BCUT2D eigenvalue weighted by Gasteiger charge is 2.17. The molecule has 0 aliphatic carbocycles. The summed E-state index contributed by atoms with van der Waals surface area (Å²) in [6.07, 6.45) is 0. The van der Waals surface area contributed by atoms with Crippen LogP contribution in [0.4, 0.5) is 10.1 Å². The van der Waals surface area contributed by atoms with E-state index in [9.17, 15) is 12.8 Å². The maximum absolute atomic E-state index is 12.8. The second kappa shape index (κ2) is 4.18. The van der Waals surface area contributed by atoms with Crippen LogP contribution in [0.15, 0.2) is 18.2 Å². The van der Waals surface area contributed by atoms with E-state index in [1.54, 1.807) is 13.8 Å². The molecule has 0 aromatic heterocycles. The average Bonchev–Trinajstić information content (AvgIpc) is 2.10. The van der Waals surface area contributed by atoms with Crippen molar-refractivity contribution in [1.29, 1.82) is 0 Å². The van der Waals surface area contributed by atoms with Gasteiger partial charge in [-0.2, -0.15) is 0 Å². The number of sulfone groups is 1. The van der Waals surface area contributed by atoms with Crippen LogP contribution in [0.3, 0.4) is 0 Å². The zero-order valence-electron chi connectivity index (χ0n) is 8.70. The van der Waals surface area contributed by atoms with Crippen molar-refractivity contribution in [2.75, 3.05) is 5.73 Å². The lowest BCUT2D eigenvalue weighted by Crippen LogP contribution is -2.16. The molecule has 0 atom stereocenters. The summed E-state index contributed by atoms with van der Waals surface area (Å²) >= 11 is 0. The molecule has 0 fully saturated rings. The fourth-order valence-corrected chi connectivity index (χ4v) is 2.06. The van der Waals surface area contributed by atoms with Gasteiger partial charge in [0.05, 0.1) is 16.7 Å². The monoisotopic (exact) mass is 231 g/mol. The molecular weight excluding hydrogens is 217 g/mol. The molecule has 1 rings (SSSR count). The Balaban J connectivity index is 2.96. The van der Waals surface area contributed by atoms with Crippen LogP contribution < -0.4 is 5.73 Å². The molecule has 1 aromatic carbocycles. The van der Waals surface area contributed by atoms with Crippen molar-refractivity contribution in [3.63, 3.8) is 0 Å². The van der Waals surface area contributed by atoms with Gasteiger partial charge in [-0.25, -0.2) is 12.8 Å². The molecule has 84 valence electrons. The van der Waals surface area contributed by atoms with Gasteiger partial charge < -0.3 is 5.73 Å². The number of hydrogen-bond donors (Lipinski definition) is 1. The second-order valence-corrected chi connectivity index (χ2v) is 6.27. The molecular formula is C10H14FNO2S. The van der Waals surface area contributed by atoms with Crippen molar-refractivity contribution < 1.29 is 12.8 Å². The second-order valence-electron chi connectivity index (χ2n) is 3.71. The lowest BCUT2D eigenvalue weighted by molar-refractivity contribution is 0.586. The summed E-state index contributed by atoms with van der Waals surface area (Å²) in [5.74, 6) is -0.629. The number of benzene rings is 1. The van der Waals surface area contributed by atoms with Crippen LogP contribution in [0.5, 0.6) is 0 Å². The summed E-state index contributed by atoms with van der Waals surface area (Å²) in [5, 5.41) is -0.441. The van der Waals surface area contributed by atoms with Crippen LogP contribution in [-0.2, 0) is 15.6 Å². The fraction of sp³-hybridized carbons (Fsp3) is 0.400. The van der Waals surface area contributed by atoms with E-state index in [4.69, 9.17) is 5.73 Å². The van der Waals surface area contributed by atoms with Crippen molar-refractivity contribution in [3.8, 4) is 0 Å². The highest BCUT2D eigenvalue weighted by Crippen LogP contribution is 2.16. The first kappa shape index (κ1) is 12.0. The summed E-state index contributed by atoms with van der Waals surface area (Å²) in [4.78, 5) is 0. The van der Waals surface area contributed by atoms with Gasteiger partial charge in [-0.15, -0.1) is 0 Å². The maximum Gasteiger partial charge on any atom is 0.156 e. The first-order valence-electron chi connectivity index (χ1n) is 4.58. The molecule has 0 unspecified atom stereocenters. The lowest BCUT2D eigenvalue weighted by Gasteiger charge is -2.08. The molecule has 1 aromatic rings. The van der Waals surface area contributed by atoms with Gasteiger partial charge in [0.2, 0.25) is 0 Å². The van der Waals surface area contributed by atoms with Crippen LogP contribution in [0.25, 0.3) is 0 Å². The minimum Gasteiger partial charge on any atom is -0.396 e. The third-order valence-electron chi connectivity index (χ3n) is 2.15. The largest absolute Gasteiger partial charge is 0.396 e. The van der Waals surface area contributed by atoms with Crippen LogP contribution in [-0.4, -0.2) is 13.7 Å². The maximum atomic E-state index is 12.8. The van der Waals surface area contributed by atoms with Crippen LogP contribution >= 0.6 is 0 Å². The van der Waals surface area contributed by atoms with Crippen molar-refractivity contribution in [2.45, 2.75) is 24.9 Å². The fourth-order valence-electron chi connectivity index (χ4n) is 1.08. The summed E-state index contributed by atoms with van der Waals surface area (Å²) in [7, 11) is -3.16. The third kappa shape index (κ3) is 2.92. The molecule has 3 nitrogen and oxygen atoms in total. The third-order valence-corrected chi connectivity index (χ3v) is 4.32. The summed E-state index contributed by atoms with van der Waals surface area (Å²) in [6, 6.07) is 3.97. The van der Waals surface area contributed by atoms with Gasteiger partial charge in [0.25, 0.3) is 0 Å². The molecule has 0 heterocycles. The molecule has 5 heteroatoms. The zero-order valence-corrected chi connectivity index (χ0v) is 9.51. The van der Waals surface area contributed by atoms with Gasteiger partial charge in [0.15, 0.2) is 9.84 Å². The van der Waals surface area contributed by atoms with Crippen molar-refractivity contribution in [1.82, 2.24) is 0 Å². The Morgan fingerprint density at radius 2 is 2.00 bits per heavy atom. The van der Waals surface area contributed by atoms with E-state index in [-0.39, 0.29) is 11.4 Å². The predicted molar refractivity (Wildman–Crippen MR) is 58.6 cm³/mol. The van der Waals surface area contributed by atoms with E-state index >= 15 is 0 Å². The average molecular weight is 231 g/mol. The SMILES string of the molecule is CC(C)S(=O)(=O)Cc1ccc(F)c(N)c1. The van der Waals surface area contributed by atoms with E-state index < -0.39 is 20.9 Å². The molecule has 0 aliphatic rings. The lowest BCUT2D eigenvalue weighted by atomic mass is 10.2. The van der Waals surface area contributed by atoms with E-state index in [0.717, 1.165) is 0 Å². The van der Waals surface area contributed by atoms with E-state index in [0.29, 0.717) is 5.56 Å². The van der Waals surface area contributed by atoms with E-state index in [1.807, 2.05) is 0 Å². The Bertz CT molecular complexity index is 454. The van der Waals surface area contributed by atoms with Crippen molar-refractivity contribution >= 4 is 15.5 Å². The number of halogens is 1. The van der Waals surface area contributed by atoms with Crippen LogP contribution in [0.1, 0.15) is 19.4 Å². The first-order valence-corrected chi connectivity index (χ1v) is 6.30. The highest BCUT2D eigenvalue weighted by molar-refractivity contribution is 7.91. The molecule has 15 heavy (non-hydrogen) atoms. The standard InChI is InChI=1S/C10H14FNO2S/c1-7(2)15(13,14)6-8-3-4-9(11)10(12)5-8/h3-5,7H,6,12H2,1-2H3. The Morgan fingerprint density at radius 3 is 2.47 bits per heavy atom. The number of nitrogen functional groups attached to an aromatic ring is 1. The zero-order chi connectivity index (χ0) is 11.6. The van der Waals surface area contributed by atoms with Gasteiger partial charge in [0, 0.05) is 0 Å². The Kier molecular flexibility index (Phi) is 3.34. The molecule has 0 aliphatic heterocycles. The molecule has 2 N–H and O–H groups in total. The minimum atomic E-state index is -3.16. The van der Waals surface area contributed by atoms with E-state index in [1.165, 1.54) is 18.2 Å². The Labute approximate surface area is 89.0 Å². The summed E-state index contributed by atoms with van der Waals surface area (Å²) in [6.45, 7) is 3.23. The molecule has 0 amide bonds. The molecule has 0 saturated carbocycles. The van der Waals surface area contributed by atoms with Gasteiger partial charge in [0.1, 0.15) is 5.82 Å². The first-order chi connectivity index (χ1) is 6.83. The summed E-state index contributed by atoms with van der Waals surface area (Å²) in [5.41, 5.74) is 5.84. The minimum absolute atomic E-state index is 0.0218. The van der Waals surface area contributed by atoms with Gasteiger partial charge in [-0.3, -0.25) is 0 Å². The van der Waals surface area contributed by atoms with Gasteiger partial charge >= 0.3 is 0 Å². The topological polar surface area (TPSA) is 60.2 Å². The smallest absolute Gasteiger partial charge is 0.156 e. The molecule has 0 radical (unpaired) electrons.